The summed E-state index contributed by atoms with van der Waals surface area (Å²) in [5, 5.41) is 5.43. The SMILES string of the molecule is CCOC(=O)c1noc2ncn(C(CC)C(=O)Nc3ccccc3C(F)(F)F)c(=O)c12. The number of para-hydroxylation sites is 1. The van der Waals surface area contributed by atoms with Crippen molar-refractivity contribution in [2.45, 2.75) is 32.5 Å². The highest BCUT2D eigenvalue weighted by atomic mass is 19.4. The van der Waals surface area contributed by atoms with Crippen LogP contribution in [0.1, 0.15) is 42.4 Å². The number of nitrogens with one attached hydrogen (secondary N) is 1. The maximum Gasteiger partial charge on any atom is 0.418 e. The van der Waals surface area contributed by atoms with Gasteiger partial charge in [0.25, 0.3) is 11.3 Å². The molecular weight excluding hydrogens is 421 g/mol. The lowest BCUT2D eigenvalue weighted by molar-refractivity contribution is -0.137. The molecule has 0 aliphatic carbocycles. The van der Waals surface area contributed by atoms with E-state index in [1.165, 1.54) is 12.1 Å². The number of anilines is 1. The van der Waals surface area contributed by atoms with E-state index >= 15 is 0 Å². The van der Waals surface area contributed by atoms with Crippen LogP contribution in [0, 0.1) is 0 Å². The van der Waals surface area contributed by atoms with Crippen LogP contribution >= 0.6 is 0 Å². The number of aromatic nitrogens is 3. The lowest BCUT2D eigenvalue weighted by Crippen LogP contribution is -2.34. The molecule has 0 radical (unpaired) electrons. The van der Waals surface area contributed by atoms with Crippen LogP contribution in [-0.2, 0) is 15.7 Å². The number of amides is 1. The zero-order valence-electron chi connectivity index (χ0n) is 16.4. The van der Waals surface area contributed by atoms with E-state index in [2.05, 4.69) is 15.5 Å². The molecule has 9 nitrogen and oxygen atoms in total. The van der Waals surface area contributed by atoms with Crippen molar-refractivity contribution in [1.29, 1.82) is 0 Å². The van der Waals surface area contributed by atoms with Gasteiger partial charge in [-0.05, 0) is 25.5 Å². The molecule has 1 amide bonds. The Morgan fingerprint density at radius 1 is 1.26 bits per heavy atom. The largest absolute Gasteiger partial charge is 0.461 e. The van der Waals surface area contributed by atoms with Gasteiger partial charge in [-0.3, -0.25) is 14.2 Å². The van der Waals surface area contributed by atoms with Crippen molar-refractivity contribution in [3.63, 3.8) is 0 Å². The Labute approximate surface area is 172 Å². The van der Waals surface area contributed by atoms with Crippen LogP contribution in [0.4, 0.5) is 18.9 Å². The average Bonchev–Trinajstić information content (AvgIpc) is 3.15. The molecule has 164 valence electrons. The molecule has 1 atom stereocenters. The molecule has 2 heterocycles. The van der Waals surface area contributed by atoms with Gasteiger partial charge in [-0.1, -0.05) is 24.2 Å². The number of esters is 1. The van der Waals surface area contributed by atoms with Crippen LogP contribution in [0.3, 0.4) is 0 Å². The quantitative estimate of drug-likeness (QED) is 0.588. The number of halogens is 3. The van der Waals surface area contributed by atoms with Crippen molar-refractivity contribution in [3.8, 4) is 0 Å². The number of ether oxygens (including phenoxy) is 1. The van der Waals surface area contributed by atoms with E-state index in [1.54, 1.807) is 13.8 Å². The Kier molecular flexibility index (Phi) is 6.09. The lowest BCUT2D eigenvalue weighted by Gasteiger charge is -2.19. The zero-order chi connectivity index (χ0) is 22.8. The Hall–Kier alpha value is -3.70. The molecule has 0 saturated heterocycles. The predicted octanol–water partition coefficient (Wildman–Crippen LogP) is 3.17. The Bertz CT molecular complexity index is 1190. The molecule has 0 spiro atoms. The molecule has 0 aliphatic heterocycles. The molecule has 0 saturated carbocycles. The van der Waals surface area contributed by atoms with Gasteiger partial charge in [0, 0.05) is 0 Å². The minimum absolute atomic E-state index is 0.0280. The first-order chi connectivity index (χ1) is 14.7. The van der Waals surface area contributed by atoms with Gasteiger partial charge in [0.1, 0.15) is 17.8 Å². The second-order valence-corrected chi connectivity index (χ2v) is 6.35. The normalized spacial score (nSPS) is 12.5. The van der Waals surface area contributed by atoms with Crippen molar-refractivity contribution in [3.05, 3.63) is 52.2 Å². The fraction of sp³-hybridized carbons (Fsp3) is 0.316. The third-order valence-electron chi connectivity index (χ3n) is 4.41. The Balaban J connectivity index is 2.01. The second kappa shape index (κ2) is 8.58. The van der Waals surface area contributed by atoms with Gasteiger partial charge in [0.15, 0.2) is 0 Å². The molecule has 0 aliphatic rings. The summed E-state index contributed by atoms with van der Waals surface area (Å²) in [7, 11) is 0. The number of carbonyl (C=O) groups is 2. The van der Waals surface area contributed by atoms with Gasteiger partial charge in [-0.2, -0.15) is 13.2 Å². The summed E-state index contributed by atoms with van der Waals surface area (Å²) in [6, 6.07) is 3.26. The number of fused-ring (bicyclic) bond motifs is 1. The van der Waals surface area contributed by atoms with Crippen LogP contribution in [-0.4, -0.2) is 33.2 Å². The first-order valence-electron chi connectivity index (χ1n) is 9.19. The summed E-state index contributed by atoms with van der Waals surface area (Å²) < 4.78 is 50.2. The van der Waals surface area contributed by atoms with E-state index in [0.29, 0.717) is 0 Å². The molecular formula is C19H17F3N4O5. The maximum absolute atomic E-state index is 13.2. The molecule has 1 unspecified atom stereocenters. The number of benzene rings is 1. The Morgan fingerprint density at radius 3 is 2.61 bits per heavy atom. The molecule has 3 rings (SSSR count). The maximum atomic E-state index is 13.2. The standard InChI is InChI=1S/C19H17F3N4O5/c1-3-12(15(27)24-11-8-6-5-7-10(11)19(20,21)22)26-9-23-16-13(17(26)28)14(25-31-16)18(29)30-4-2/h5-9,12H,3-4H2,1-2H3,(H,24,27). The molecule has 1 aromatic carbocycles. The van der Waals surface area contributed by atoms with E-state index < -0.39 is 46.6 Å². The molecule has 31 heavy (non-hydrogen) atoms. The van der Waals surface area contributed by atoms with Crippen LogP contribution in [0.15, 0.2) is 39.9 Å². The van der Waals surface area contributed by atoms with Gasteiger partial charge in [0.2, 0.25) is 11.6 Å². The monoisotopic (exact) mass is 438 g/mol. The fourth-order valence-electron chi connectivity index (χ4n) is 2.98. The lowest BCUT2D eigenvalue weighted by atomic mass is 10.1. The summed E-state index contributed by atoms with van der Waals surface area (Å²) >= 11 is 0. The smallest absolute Gasteiger partial charge is 0.418 e. The number of hydrogen-bond donors (Lipinski definition) is 1. The van der Waals surface area contributed by atoms with E-state index in [9.17, 15) is 27.6 Å². The summed E-state index contributed by atoms with van der Waals surface area (Å²) in [5.41, 5.74) is -2.93. The van der Waals surface area contributed by atoms with E-state index in [-0.39, 0.29) is 24.1 Å². The molecule has 0 bridgehead atoms. The van der Waals surface area contributed by atoms with Crippen LogP contribution < -0.4 is 10.9 Å². The third kappa shape index (κ3) is 4.27. The highest BCUT2D eigenvalue weighted by Gasteiger charge is 2.34. The van der Waals surface area contributed by atoms with E-state index in [4.69, 9.17) is 9.26 Å². The molecule has 2 aromatic heterocycles. The summed E-state index contributed by atoms with van der Waals surface area (Å²) in [5.74, 6) is -1.77. The van der Waals surface area contributed by atoms with Crippen molar-refractivity contribution in [2.24, 2.45) is 0 Å². The first kappa shape index (κ1) is 22.0. The highest BCUT2D eigenvalue weighted by molar-refractivity contribution is 6.00. The third-order valence-corrected chi connectivity index (χ3v) is 4.41. The van der Waals surface area contributed by atoms with E-state index in [1.807, 2.05) is 0 Å². The Morgan fingerprint density at radius 2 is 1.97 bits per heavy atom. The van der Waals surface area contributed by atoms with Crippen molar-refractivity contribution in [1.82, 2.24) is 14.7 Å². The highest BCUT2D eigenvalue weighted by Crippen LogP contribution is 2.35. The second-order valence-electron chi connectivity index (χ2n) is 6.35. The molecule has 12 heteroatoms. The van der Waals surface area contributed by atoms with Crippen molar-refractivity contribution in [2.75, 3.05) is 11.9 Å². The topological polar surface area (TPSA) is 116 Å². The number of nitrogens with zero attached hydrogens (tertiary/aromatic N) is 3. The number of rotatable bonds is 6. The number of alkyl halides is 3. The average molecular weight is 438 g/mol. The molecule has 1 N–H and O–H groups in total. The van der Waals surface area contributed by atoms with Crippen LogP contribution in [0.25, 0.3) is 11.1 Å². The van der Waals surface area contributed by atoms with E-state index in [0.717, 1.165) is 23.0 Å². The van der Waals surface area contributed by atoms with Crippen LogP contribution in [0.5, 0.6) is 0 Å². The molecule has 0 fully saturated rings. The number of hydrogen-bond acceptors (Lipinski definition) is 7. The predicted molar refractivity (Wildman–Crippen MR) is 101 cm³/mol. The zero-order valence-corrected chi connectivity index (χ0v) is 16.4. The molecule has 3 aromatic rings. The van der Waals surface area contributed by atoms with Crippen LogP contribution in [0.2, 0.25) is 0 Å². The minimum atomic E-state index is -4.68. The van der Waals surface area contributed by atoms with Crippen molar-refractivity contribution < 1.29 is 32.0 Å². The van der Waals surface area contributed by atoms with Gasteiger partial charge < -0.3 is 14.6 Å². The fourth-order valence-corrected chi connectivity index (χ4v) is 2.98. The summed E-state index contributed by atoms with van der Waals surface area (Å²) in [6.45, 7) is 3.16. The van der Waals surface area contributed by atoms with Gasteiger partial charge in [-0.25, -0.2) is 9.78 Å². The minimum Gasteiger partial charge on any atom is -0.461 e. The summed E-state index contributed by atoms with van der Waals surface area (Å²) in [6.07, 6.45) is -3.62. The summed E-state index contributed by atoms with van der Waals surface area (Å²) in [4.78, 5) is 41.6. The van der Waals surface area contributed by atoms with Crippen molar-refractivity contribution >= 4 is 28.7 Å². The van der Waals surface area contributed by atoms with Gasteiger partial charge in [0.05, 0.1) is 17.9 Å². The first-order valence-corrected chi connectivity index (χ1v) is 9.19. The van der Waals surface area contributed by atoms with Gasteiger partial charge in [-0.15, -0.1) is 0 Å². The van der Waals surface area contributed by atoms with Gasteiger partial charge >= 0.3 is 12.1 Å². The number of carbonyl (C=O) groups excluding carboxylic acids is 2.